The number of halogens is 1. The minimum atomic E-state index is -0.296. The number of nitrogens with two attached hydrogens (primary N) is 1. The second-order valence-electron chi connectivity index (χ2n) is 3.85. The first-order chi connectivity index (χ1) is 7.17. The minimum Gasteiger partial charge on any atom is -0.494 e. The van der Waals surface area contributed by atoms with E-state index in [9.17, 15) is 4.39 Å². The molecule has 1 aromatic carbocycles. The Labute approximate surface area is 90.2 Å². The lowest BCUT2D eigenvalue weighted by Crippen LogP contribution is -2.11. The fraction of sp³-hybridized carbons (Fsp3) is 0.500. The van der Waals surface area contributed by atoms with Gasteiger partial charge in [-0.2, -0.15) is 0 Å². The number of ether oxygens (including phenoxy) is 1. The molecule has 15 heavy (non-hydrogen) atoms. The summed E-state index contributed by atoms with van der Waals surface area (Å²) in [5.74, 6) is 0.483. The highest BCUT2D eigenvalue weighted by Crippen LogP contribution is 2.19. The first-order valence-corrected chi connectivity index (χ1v) is 5.20. The van der Waals surface area contributed by atoms with E-state index in [-0.39, 0.29) is 5.82 Å². The van der Waals surface area contributed by atoms with Gasteiger partial charge in [-0.1, -0.05) is 13.0 Å². The molecule has 3 heteroatoms. The van der Waals surface area contributed by atoms with E-state index in [0.29, 0.717) is 18.2 Å². The third kappa shape index (κ3) is 3.51. The topological polar surface area (TPSA) is 35.2 Å². The number of methoxy groups -OCH3 is 1. The van der Waals surface area contributed by atoms with E-state index in [0.717, 1.165) is 18.4 Å². The van der Waals surface area contributed by atoms with Crippen molar-refractivity contribution in [2.45, 2.75) is 19.8 Å². The smallest absolute Gasteiger partial charge is 0.165 e. The lowest BCUT2D eigenvalue weighted by Gasteiger charge is -2.09. The maximum atomic E-state index is 13.3. The van der Waals surface area contributed by atoms with E-state index in [1.54, 1.807) is 6.07 Å². The van der Waals surface area contributed by atoms with Gasteiger partial charge in [-0.15, -0.1) is 0 Å². The first-order valence-electron chi connectivity index (χ1n) is 5.20. The molecule has 0 aliphatic rings. The van der Waals surface area contributed by atoms with Crippen molar-refractivity contribution < 1.29 is 9.13 Å². The van der Waals surface area contributed by atoms with Gasteiger partial charge in [0.25, 0.3) is 0 Å². The summed E-state index contributed by atoms with van der Waals surface area (Å²) in [7, 11) is 1.47. The van der Waals surface area contributed by atoms with Gasteiger partial charge in [0.05, 0.1) is 7.11 Å². The number of aryl methyl sites for hydroxylation is 1. The summed E-state index contributed by atoms with van der Waals surface area (Å²) in [5.41, 5.74) is 6.51. The Morgan fingerprint density at radius 1 is 1.47 bits per heavy atom. The quantitative estimate of drug-likeness (QED) is 0.811. The van der Waals surface area contributed by atoms with Gasteiger partial charge in [0.2, 0.25) is 0 Å². The van der Waals surface area contributed by atoms with E-state index < -0.39 is 0 Å². The van der Waals surface area contributed by atoms with Crippen LogP contribution in [0.4, 0.5) is 4.39 Å². The molecule has 1 unspecified atom stereocenters. The molecule has 2 nitrogen and oxygen atoms in total. The van der Waals surface area contributed by atoms with Crippen LogP contribution in [0.3, 0.4) is 0 Å². The maximum absolute atomic E-state index is 13.3. The van der Waals surface area contributed by atoms with Crippen LogP contribution in [0.2, 0.25) is 0 Å². The van der Waals surface area contributed by atoms with Crippen LogP contribution in [0.5, 0.6) is 5.75 Å². The maximum Gasteiger partial charge on any atom is 0.165 e. The zero-order valence-corrected chi connectivity index (χ0v) is 9.29. The van der Waals surface area contributed by atoms with Crippen LogP contribution in [-0.2, 0) is 6.42 Å². The summed E-state index contributed by atoms with van der Waals surface area (Å²) in [4.78, 5) is 0. The Balaban J connectivity index is 2.59. The fourth-order valence-corrected chi connectivity index (χ4v) is 1.40. The summed E-state index contributed by atoms with van der Waals surface area (Å²) < 4.78 is 18.2. The molecule has 0 aliphatic carbocycles. The highest BCUT2D eigenvalue weighted by atomic mass is 19.1. The molecule has 0 aromatic heterocycles. The summed E-state index contributed by atoms with van der Waals surface area (Å²) in [6.07, 6.45) is 1.85. The van der Waals surface area contributed by atoms with E-state index in [1.165, 1.54) is 13.2 Å². The number of rotatable bonds is 5. The van der Waals surface area contributed by atoms with Crippen LogP contribution in [0.15, 0.2) is 18.2 Å². The molecule has 0 heterocycles. The molecule has 0 saturated carbocycles. The summed E-state index contributed by atoms with van der Waals surface area (Å²) in [6.45, 7) is 2.78. The van der Waals surface area contributed by atoms with Crippen molar-refractivity contribution in [3.8, 4) is 5.75 Å². The Morgan fingerprint density at radius 2 is 2.20 bits per heavy atom. The first kappa shape index (κ1) is 12.0. The number of benzene rings is 1. The van der Waals surface area contributed by atoms with Gasteiger partial charge < -0.3 is 10.5 Å². The van der Waals surface area contributed by atoms with Gasteiger partial charge in [-0.25, -0.2) is 4.39 Å². The van der Waals surface area contributed by atoms with Crippen molar-refractivity contribution in [3.63, 3.8) is 0 Å². The lowest BCUT2D eigenvalue weighted by molar-refractivity contribution is 0.386. The van der Waals surface area contributed by atoms with Gasteiger partial charge in [0.15, 0.2) is 11.6 Å². The molecular formula is C12H18FNO. The average molecular weight is 211 g/mol. The standard InChI is InChI=1S/C12H18FNO/c1-9(8-14)3-4-10-5-6-12(15-2)11(13)7-10/h5-7,9H,3-4,8,14H2,1-2H3. The molecule has 0 spiro atoms. The normalized spacial score (nSPS) is 12.5. The van der Waals surface area contributed by atoms with Crippen molar-refractivity contribution in [2.75, 3.05) is 13.7 Å². The Kier molecular flexibility index (Phi) is 4.56. The van der Waals surface area contributed by atoms with Gasteiger partial charge in [-0.3, -0.25) is 0 Å². The zero-order chi connectivity index (χ0) is 11.3. The molecule has 1 aromatic rings. The predicted molar refractivity (Wildman–Crippen MR) is 59.5 cm³/mol. The fourth-order valence-electron chi connectivity index (χ4n) is 1.40. The monoisotopic (exact) mass is 211 g/mol. The number of hydrogen-bond acceptors (Lipinski definition) is 2. The van der Waals surface area contributed by atoms with Crippen LogP contribution in [0.25, 0.3) is 0 Å². The molecule has 84 valence electrons. The van der Waals surface area contributed by atoms with Crippen molar-refractivity contribution in [1.82, 2.24) is 0 Å². The molecule has 0 saturated heterocycles. The zero-order valence-electron chi connectivity index (χ0n) is 9.29. The second kappa shape index (κ2) is 5.71. The summed E-state index contributed by atoms with van der Waals surface area (Å²) in [5, 5.41) is 0. The summed E-state index contributed by atoms with van der Waals surface area (Å²) in [6, 6.07) is 5.09. The molecule has 0 amide bonds. The predicted octanol–water partition coefficient (Wildman–Crippen LogP) is 2.36. The lowest BCUT2D eigenvalue weighted by atomic mass is 10.0. The highest BCUT2D eigenvalue weighted by Gasteiger charge is 2.05. The Hall–Kier alpha value is -1.09. The molecule has 2 N–H and O–H groups in total. The highest BCUT2D eigenvalue weighted by molar-refractivity contribution is 5.29. The van der Waals surface area contributed by atoms with Crippen LogP contribution < -0.4 is 10.5 Å². The molecule has 0 fully saturated rings. The van der Waals surface area contributed by atoms with Crippen LogP contribution in [-0.4, -0.2) is 13.7 Å². The van der Waals surface area contributed by atoms with Gasteiger partial charge in [-0.05, 0) is 43.0 Å². The summed E-state index contributed by atoms with van der Waals surface area (Å²) >= 11 is 0. The molecule has 0 radical (unpaired) electrons. The minimum absolute atomic E-state index is 0.296. The Morgan fingerprint density at radius 3 is 2.73 bits per heavy atom. The van der Waals surface area contributed by atoms with Crippen LogP contribution in [0.1, 0.15) is 18.9 Å². The van der Waals surface area contributed by atoms with E-state index >= 15 is 0 Å². The van der Waals surface area contributed by atoms with Crippen molar-refractivity contribution in [2.24, 2.45) is 11.7 Å². The molecule has 1 atom stereocenters. The Bertz CT molecular complexity index is 314. The van der Waals surface area contributed by atoms with E-state index in [4.69, 9.17) is 10.5 Å². The van der Waals surface area contributed by atoms with Crippen LogP contribution >= 0.6 is 0 Å². The molecule has 0 bridgehead atoms. The van der Waals surface area contributed by atoms with Gasteiger partial charge in [0, 0.05) is 0 Å². The largest absolute Gasteiger partial charge is 0.494 e. The number of hydrogen-bond donors (Lipinski definition) is 1. The van der Waals surface area contributed by atoms with Crippen molar-refractivity contribution in [1.29, 1.82) is 0 Å². The van der Waals surface area contributed by atoms with E-state index in [1.807, 2.05) is 6.07 Å². The van der Waals surface area contributed by atoms with Gasteiger partial charge >= 0.3 is 0 Å². The molecule has 0 aliphatic heterocycles. The average Bonchev–Trinajstić information content (AvgIpc) is 2.26. The third-order valence-corrected chi connectivity index (χ3v) is 2.54. The molecular weight excluding hydrogens is 193 g/mol. The van der Waals surface area contributed by atoms with Gasteiger partial charge in [0.1, 0.15) is 0 Å². The SMILES string of the molecule is COc1ccc(CCC(C)CN)cc1F. The van der Waals surface area contributed by atoms with Crippen molar-refractivity contribution >= 4 is 0 Å². The van der Waals surface area contributed by atoms with Crippen molar-refractivity contribution in [3.05, 3.63) is 29.6 Å². The second-order valence-corrected chi connectivity index (χ2v) is 3.85. The third-order valence-electron chi connectivity index (χ3n) is 2.54. The van der Waals surface area contributed by atoms with Crippen LogP contribution in [0, 0.1) is 11.7 Å². The van der Waals surface area contributed by atoms with E-state index in [2.05, 4.69) is 6.92 Å². The molecule has 1 rings (SSSR count).